The molecule has 0 aliphatic rings. The number of nitrogens with zero attached hydrogens (tertiary/aromatic N) is 1. The lowest BCUT2D eigenvalue weighted by Crippen LogP contribution is -2.20. The summed E-state index contributed by atoms with van der Waals surface area (Å²) >= 11 is 1.78. The number of unbranched alkanes of at least 4 members (excludes halogenated alkanes) is 2. The van der Waals surface area contributed by atoms with Crippen LogP contribution >= 0.6 is 11.3 Å². The maximum absolute atomic E-state index is 4.33. The molecule has 0 aliphatic heterocycles. The molecule has 0 fully saturated rings. The number of hydrogen-bond acceptors (Lipinski definition) is 3. The highest BCUT2D eigenvalue weighted by atomic mass is 32.1. The van der Waals surface area contributed by atoms with Crippen molar-refractivity contribution in [3.63, 3.8) is 0 Å². The summed E-state index contributed by atoms with van der Waals surface area (Å²) in [6, 6.07) is 0.522. The number of aryl methyl sites for hydroxylation is 1. The minimum atomic E-state index is 0.522. The molecule has 86 valence electrons. The molecule has 1 atom stereocenters. The molecule has 0 saturated heterocycles. The van der Waals surface area contributed by atoms with Crippen molar-refractivity contribution in [2.45, 2.75) is 52.5 Å². The second-order valence-electron chi connectivity index (χ2n) is 3.91. The van der Waals surface area contributed by atoms with Crippen molar-refractivity contribution in [2.75, 3.05) is 6.54 Å². The van der Waals surface area contributed by atoms with Crippen LogP contribution < -0.4 is 5.32 Å². The Labute approximate surface area is 97.1 Å². The van der Waals surface area contributed by atoms with Crippen LogP contribution in [0, 0.1) is 6.92 Å². The molecule has 1 N–H and O–H groups in total. The fourth-order valence-corrected chi connectivity index (χ4v) is 2.73. The van der Waals surface area contributed by atoms with Crippen molar-refractivity contribution in [1.82, 2.24) is 10.3 Å². The monoisotopic (exact) mass is 226 g/mol. The summed E-state index contributed by atoms with van der Waals surface area (Å²) in [5, 5.41) is 3.56. The fraction of sp³-hybridized carbons (Fsp3) is 0.750. The molecule has 1 rings (SSSR count). The van der Waals surface area contributed by atoms with Crippen LogP contribution in [0.3, 0.4) is 0 Å². The van der Waals surface area contributed by atoms with Gasteiger partial charge in [-0.05, 0) is 19.9 Å². The highest BCUT2D eigenvalue weighted by Gasteiger charge is 2.14. The molecular formula is C12H22N2S. The predicted molar refractivity (Wildman–Crippen MR) is 67.4 cm³/mol. The molecule has 0 bridgehead atoms. The van der Waals surface area contributed by atoms with E-state index in [1.807, 2.05) is 5.51 Å². The Bertz CT molecular complexity index is 270. The van der Waals surface area contributed by atoms with Crippen LogP contribution in [0.25, 0.3) is 0 Å². The van der Waals surface area contributed by atoms with Gasteiger partial charge < -0.3 is 5.32 Å². The number of aromatic nitrogens is 1. The van der Waals surface area contributed by atoms with Crippen molar-refractivity contribution >= 4 is 11.3 Å². The van der Waals surface area contributed by atoms with Gasteiger partial charge in [0.05, 0.1) is 11.2 Å². The standard InChI is InChI=1S/C12H22N2S/c1-4-6-7-8-11(13-5-2)12-10(3)14-9-15-12/h9,11,13H,4-8H2,1-3H3. The quantitative estimate of drug-likeness (QED) is 0.717. The normalized spacial score (nSPS) is 13.0. The van der Waals surface area contributed by atoms with E-state index in [-0.39, 0.29) is 0 Å². The highest BCUT2D eigenvalue weighted by molar-refractivity contribution is 7.09. The zero-order valence-electron chi connectivity index (χ0n) is 10.0. The third-order valence-electron chi connectivity index (χ3n) is 2.65. The van der Waals surface area contributed by atoms with Crippen LogP contribution in [-0.2, 0) is 0 Å². The molecule has 15 heavy (non-hydrogen) atoms. The second kappa shape index (κ2) is 6.96. The number of hydrogen-bond donors (Lipinski definition) is 1. The molecule has 1 aromatic rings. The van der Waals surface area contributed by atoms with Crippen molar-refractivity contribution < 1.29 is 0 Å². The molecule has 0 aromatic carbocycles. The van der Waals surface area contributed by atoms with Gasteiger partial charge in [0.25, 0.3) is 0 Å². The van der Waals surface area contributed by atoms with Gasteiger partial charge in [-0.15, -0.1) is 11.3 Å². The average Bonchev–Trinajstić information content (AvgIpc) is 2.64. The Balaban J connectivity index is 2.53. The van der Waals surface area contributed by atoms with Gasteiger partial charge in [0.2, 0.25) is 0 Å². The summed E-state index contributed by atoms with van der Waals surface area (Å²) in [6.45, 7) is 7.56. The van der Waals surface area contributed by atoms with Gasteiger partial charge >= 0.3 is 0 Å². The summed E-state index contributed by atoms with van der Waals surface area (Å²) in [7, 11) is 0. The van der Waals surface area contributed by atoms with Gasteiger partial charge in [-0.25, -0.2) is 4.98 Å². The van der Waals surface area contributed by atoms with E-state index in [1.54, 1.807) is 11.3 Å². The highest BCUT2D eigenvalue weighted by Crippen LogP contribution is 2.26. The second-order valence-corrected chi connectivity index (χ2v) is 4.79. The average molecular weight is 226 g/mol. The zero-order chi connectivity index (χ0) is 11.1. The molecule has 1 heterocycles. The van der Waals surface area contributed by atoms with Crippen LogP contribution in [0.2, 0.25) is 0 Å². The first-order valence-electron chi connectivity index (χ1n) is 5.92. The number of nitrogens with one attached hydrogen (secondary N) is 1. The van der Waals surface area contributed by atoms with Gasteiger partial charge in [-0.1, -0.05) is 33.1 Å². The maximum Gasteiger partial charge on any atom is 0.0798 e. The van der Waals surface area contributed by atoms with Crippen molar-refractivity contribution in [3.8, 4) is 0 Å². The van der Waals surface area contributed by atoms with E-state index < -0.39 is 0 Å². The Morgan fingerprint density at radius 1 is 1.40 bits per heavy atom. The van der Waals surface area contributed by atoms with Crippen LogP contribution in [0.15, 0.2) is 5.51 Å². The maximum atomic E-state index is 4.33. The van der Waals surface area contributed by atoms with Crippen LogP contribution in [0.1, 0.15) is 56.1 Å². The number of rotatable bonds is 7. The van der Waals surface area contributed by atoms with E-state index in [1.165, 1.54) is 36.3 Å². The van der Waals surface area contributed by atoms with Gasteiger partial charge in [0.1, 0.15) is 0 Å². The molecule has 2 nitrogen and oxygen atoms in total. The molecule has 0 spiro atoms. The van der Waals surface area contributed by atoms with Crippen molar-refractivity contribution in [3.05, 3.63) is 16.1 Å². The van der Waals surface area contributed by atoms with Gasteiger partial charge in [-0.2, -0.15) is 0 Å². The Kier molecular flexibility index (Phi) is 5.88. The molecule has 3 heteroatoms. The van der Waals surface area contributed by atoms with Gasteiger partial charge in [0, 0.05) is 10.9 Å². The minimum Gasteiger partial charge on any atom is -0.309 e. The van der Waals surface area contributed by atoms with Crippen LogP contribution in [0.5, 0.6) is 0 Å². The smallest absolute Gasteiger partial charge is 0.0798 e. The van der Waals surface area contributed by atoms with Crippen LogP contribution in [0.4, 0.5) is 0 Å². The summed E-state index contributed by atoms with van der Waals surface area (Å²) < 4.78 is 0. The van der Waals surface area contributed by atoms with Gasteiger partial charge in [-0.3, -0.25) is 0 Å². The lowest BCUT2D eigenvalue weighted by Gasteiger charge is -2.16. The Morgan fingerprint density at radius 2 is 2.20 bits per heavy atom. The predicted octanol–water partition coefficient (Wildman–Crippen LogP) is 3.68. The SMILES string of the molecule is CCCCCC(NCC)c1scnc1C. The third kappa shape index (κ3) is 3.92. The van der Waals surface area contributed by atoms with Gasteiger partial charge in [0.15, 0.2) is 0 Å². The molecule has 0 saturated carbocycles. The first kappa shape index (κ1) is 12.7. The summed E-state index contributed by atoms with van der Waals surface area (Å²) in [5.41, 5.74) is 3.15. The molecule has 0 aliphatic carbocycles. The largest absolute Gasteiger partial charge is 0.309 e. The van der Waals surface area contributed by atoms with Crippen LogP contribution in [-0.4, -0.2) is 11.5 Å². The summed E-state index contributed by atoms with van der Waals surface area (Å²) in [5.74, 6) is 0. The summed E-state index contributed by atoms with van der Waals surface area (Å²) in [4.78, 5) is 5.75. The first-order chi connectivity index (χ1) is 7.29. The van der Waals surface area contributed by atoms with E-state index in [2.05, 4.69) is 31.1 Å². The Morgan fingerprint density at radius 3 is 2.73 bits per heavy atom. The molecule has 0 radical (unpaired) electrons. The Hall–Kier alpha value is -0.410. The minimum absolute atomic E-state index is 0.522. The lowest BCUT2D eigenvalue weighted by atomic mass is 10.1. The zero-order valence-corrected chi connectivity index (χ0v) is 10.9. The number of thiazole rings is 1. The first-order valence-corrected chi connectivity index (χ1v) is 6.80. The van der Waals surface area contributed by atoms with E-state index in [0.29, 0.717) is 6.04 Å². The molecule has 1 aromatic heterocycles. The van der Waals surface area contributed by atoms with E-state index in [9.17, 15) is 0 Å². The molecule has 1 unspecified atom stereocenters. The van der Waals surface area contributed by atoms with E-state index in [0.717, 1.165) is 6.54 Å². The lowest BCUT2D eigenvalue weighted by molar-refractivity contribution is 0.490. The van der Waals surface area contributed by atoms with Crippen molar-refractivity contribution in [2.24, 2.45) is 0 Å². The third-order valence-corrected chi connectivity index (χ3v) is 3.69. The summed E-state index contributed by atoms with van der Waals surface area (Å²) in [6.07, 6.45) is 5.18. The van der Waals surface area contributed by atoms with E-state index >= 15 is 0 Å². The van der Waals surface area contributed by atoms with Crippen molar-refractivity contribution in [1.29, 1.82) is 0 Å². The molecular weight excluding hydrogens is 204 g/mol. The van der Waals surface area contributed by atoms with E-state index in [4.69, 9.17) is 0 Å². The molecule has 0 amide bonds. The topological polar surface area (TPSA) is 24.9 Å². The fourth-order valence-electron chi connectivity index (χ4n) is 1.82.